The Hall–Kier alpha value is -2.43. The molecule has 96 valence electrons. The van der Waals surface area contributed by atoms with Crippen LogP contribution in [0.15, 0.2) is 35.1 Å². The molecule has 3 rings (SSSR count). The molecule has 0 radical (unpaired) electrons. The lowest BCUT2D eigenvalue weighted by Crippen LogP contribution is -2.07. The maximum atomic E-state index is 12.9. The Morgan fingerprint density at radius 1 is 1.26 bits per heavy atom. The summed E-state index contributed by atoms with van der Waals surface area (Å²) in [5, 5.41) is 4.83. The molecular formula is C14H12FN3O. The van der Waals surface area contributed by atoms with Gasteiger partial charge < -0.3 is 4.98 Å². The Bertz CT molecular complexity index is 815. The van der Waals surface area contributed by atoms with Gasteiger partial charge in [-0.3, -0.25) is 9.48 Å². The molecule has 2 heterocycles. The summed E-state index contributed by atoms with van der Waals surface area (Å²) < 4.78 is 14.6. The number of hydrogen-bond donors (Lipinski definition) is 1. The van der Waals surface area contributed by atoms with Crippen molar-refractivity contribution < 1.29 is 4.39 Å². The first kappa shape index (κ1) is 11.6. The number of halogens is 1. The normalized spacial score (nSPS) is 11.1. The third kappa shape index (κ3) is 1.83. The molecule has 19 heavy (non-hydrogen) atoms. The van der Waals surface area contributed by atoms with Crippen molar-refractivity contribution in [2.24, 2.45) is 7.05 Å². The zero-order chi connectivity index (χ0) is 13.6. The summed E-state index contributed by atoms with van der Waals surface area (Å²) in [5.41, 5.74) is 2.70. The Balaban J connectivity index is 2.29. The lowest BCUT2D eigenvalue weighted by Gasteiger charge is -2.03. The Morgan fingerprint density at radius 2 is 1.95 bits per heavy atom. The number of nitrogens with zero attached hydrogens (tertiary/aromatic N) is 2. The van der Waals surface area contributed by atoms with Crippen molar-refractivity contribution in [1.82, 2.24) is 14.8 Å². The van der Waals surface area contributed by atoms with Gasteiger partial charge in [-0.25, -0.2) is 4.39 Å². The molecule has 5 heteroatoms. The molecule has 3 aromatic rings. The molecule has 0 aliphatic heterocycles. The summed E-state index contributed by atoms with van der Waals surface area (Å²) in [6.07, 6.45) is 0. The average Bonchev–Trinajstić information content (AvgIpc) is 2.66. The van der Waals surface area contributed by atoms with E-state index in [1.807, 2.05) is 6.07 Å². The summed E-state index contributed by atoms with van der Waals surface area (Å²) in [6.45, 7) is 1.80. The fourth-order valence-electron chi connectivity index (χ4n) is 2.26. The van der Waals surface area contributed by atoms with Gasteiger partial charge >= 0.3 is 0 Å². The third-order valence-electron chi connectivity index (χ3n) is 3.18. The van der Waals surface area contributed by atoms with Gasteiger partial charge in [0.1, 0.15) is 5.82 Å². The van der Waals surface area contributed by atoms with Crippen LogP contribution in [0.3, 0.4) is 0 Å². The van der Waals surface area contributed by atoms with E-state index < -0.39 is 0 Å². The molecule has 0 fully saturated rings. The number of hydrogen-bond acceptors (Lipinski definition) is 2. The zero-order valence-corrected chi connectivity index (χ0v) is 10.6. The number of fused-ring (bicyclic) bond motifs is 1. The van der Waals surface area contributed by atoms with Crippen molar-refractivity contribution >= 4 is 10.9 Å². The van der Waals surface area contributed by atoms with Crippen LogP contribution in [0.4, 0.5) is 4.39 Å². The highest BCUT2D eigenvalue weighted by molar-refractivity contribution is 5.84. The van der Waals surface area contributed by atoms with Gasteiger partial charge in [0, 0.05) is 7.05 Å². The highest BCUT2D eigenvalue weighted by atomic mass is 19.1. The second kappa shape index (κ2) is 4.05. The van der Waals surface area contributed by atoms with E-state index in [1.165, 1.54) is 12.1 Å². The van der Waals surface area contributed by atoms with Crippen LogP contribution >= 0.6 is 0 Å². The van der Waals surface area contributed by atoms with E-state index in [4.69, 9.17) is 0 Å². The van der Waals surface area contributed by atoms with Crippen molar-refractivity contribution in [3.63, 3.8) is 0 Å². The number of aromatic nitrogens is 3. The molecule has 0 saturated carbocycles. The predicted octanol–water partition coefficient (Wildman–Crippen LogP) is 2.38. The maximum absolute atomic E-state index is 12.9. The molecule has 1 aromatic carbocycles. The average molecular weight is 257 g/mol. The molecular weight excluding hydrogens is 245 g/mol. The van der Waals surface area contributed by atoms with E-state index in [9.17, 15) is 9.18 Å². The van der Waals surface area contributed by atoms with Crippen molar-refractivity contribution in [3.05, 3.63) is 52.2 Å². The number of pyridine rings is 1. The zero-order valence-electron chi connectivity index (χ0n) is 10.6. The molecule has 0 unspecified atom stereocenters. The highest BCUT2D eigenvalue weighted by Gasteiger charge is 2.11. The van der Waals surface area contributed by atoms with Gasteiger partial charge in [0.25, 0.3) is 5.56 Å². The van der Waals surface area contributed by atoms with Gasteiger partial charge in [-0.15, -0.1) is 0 Å². The molecule has 0 saturated heterocycles. The topological polar surface area (TPSA) is 50.7 Å². The lowest BCUT2D eigenvalue weighted by atomic mass is 10.1. The minimum absolute atomic E-state index is 0.178. The van der Waals surface area contributed by atoms with Crippen LogP contribution in [0, 0.1) is 12.7 Å². The predicted molar refractivity (Wildman–Crippen MR) is 71.5 cm³/mol. The van der Waals surface area contributed by atoms with E-state index in [-0.39, 0.29) is 11.4 Å². The summed E-state index contributed by atoms with van der Waals surface area (Å²) in [6, 6.07) is 7.86. The molecule has 1 N–H and O–H groups in total. The number of benzene rings is 1. The summed E-state index contributed by atoms with van der Waals surface area (Å²) in [4.78, 5) is 14.9. The van der Waals surface area contributed by atoms with E-state index in [0.717, 1.165) is 11.1 Å². The maximum Gasteiger partial charge on any atom is 0.259 e. The van der Waals surface area contributed by atoms with Crippen molar-refractivity contribution in [2.75, 3.05) is 0 Å². The standard InChI is InChI=1S/C14H12FN3O/c1-8-13-12(18(2)17-8)7-11(16-14(13)19)9-3-5-10(15)6-4-9/h3-7H,1-2H3,(H,16,19). The number of nitrogens with one attached hydrogen (secondary N) is 1. The number of H-pyrrole nitrogens is 1. The molecule has 0 aliphatic carbocycles. The molecule has 0 amide bonds. The van der Waals surface area contributed by atoms with Crippen molar-refractivity contribution in [2.45, 2.75) is 6.92 Å². The fraction of sp³-hybridized carbons (Fsp3) is 0.143. The van der Waals surface area contributed by atoms with Crippen LogP contribution in [0.1, 0.15) is 5.69 Å². The fourth-order valence-corrected chi connectivity index (χ4v) is 2.26. The van der Waals surface area contributed by atoms with Gasteiger partial charge in [0.05, 0.1) is 22.3 Å². The van der Waals surface area contributed by atoms with Gasteiger partial charge in [-0.1, -0.05) is 0 Å². The van der Waals surface area contributed by atoms with E-state index in [2.05, 4.69) is 10.1 Å². The Kier molecular flexibility index (Phi) is 2.48. The van der Waals surface area contributed by atoms with Gasteiger partial charge in [0.2, 0.25) is 0 Å². The highest BCUT2D eigenvalue weighted by Crippen LogP contribution is 2.21. The summed E-state index contributed by atoms with van der Waals surface area (Å²) in [5.74, 6) is -0.302. The van der Waals surface area contributed by atoms with Crippen molar-refractivity contribution in [1.29, 1.82) is 0 Å². The van der Waals surface area contributed by atoms with Crippen LogP contribution in [0.2, 0.25) is 0 Å². The number of aryl methyl sites for hydroxylation is 2. The quantitative estimate of drug-likeness (QED) is 0.727. The Morgan fingerprint density at radius 3 is 2.63 bits per heavy atom. The van der Waals surface area contributed by atoms with Crippen LogP contribution in [-0.2, 0) is 7.05 Å². The van der Waals surface area contributed by atoms with E-state index in [0.29, 0.717) is 16.8 Å². The largest absolute Gasteiger partial charge is 0.321 e. The number of aromatic amines is 1. The molecule has 4 nitrogen and oxygen atoms in total. The van der Waals surface area contributed by atoms with Gasteiger partial charge in [-0.2, -0.15) is 5.10 Å². The smallest absolute Gasteiger partial charge is 0.259 e. The first-order chi connectivity index (χ1) is 9.06. The second-order valence-electron chi connectivity index (χ2n) is 4.49. The lowest BCUT2D eigenvalue weighted by molar-refractivity contribution is 0.628. The Labute approximate surface area is 108 Å². The van der Waals surface area contributed by atoms with Crippen LogP contribution in [0.25, 0.3) is 22.2 Å². The van der Waals surface area contributed by atoms with Crippen LogP contribution < -0.4 is 5.56 Å². The van der Waals surface area contributed by atoms with E-state index >= 15 is 0 Å². The van der Waals surface area contributed by atoms with E-state index in [1.54, 1.807) is 30.8 Å². The first-order valence-corrected chi connectivity index (χ1v) is 5.89. The minimum Gasteiger partial charge on any atom is -0.321 e. The monoisotopic (exact) mass is 257 g/mol. The van der Waals surface area contributed by atoms with Crippen LogP contribution in [0.5, 0.6) is 0 Å². The van der Waals surface area contributed by atoms with Crippen molar-refractivity contribution in [3.8, 4) is 11.3 Å². The molecule has 0 atom stereocenters. The summed E-state index contributed by atoms with van der Waals surface area (Å²) in [7, 11) is 1.79. The SMILES string of the molecule is Cc1nn(C)c2cc(-c3ccc(F)cc3)[nH]c(=O)c12. The molecule has 0 bridgehead atoms. The molecule has 2 aromatic heterocycles. The second-order valence-corrected chi connectivity index (χ2v) is 4.49. The molecule has 0 aliphatic rings. The summed E-state index contributed by atoms with van der Waals surface area (Å²) >= 11 is 0. The third-order valence-corrected chi connectivity index (χ3v) is 3.18. The minimum atomic E-state index is -0.302. The first-order valence-electron chi connectivity index (χ1n) is 5.89. The number of rotatable bonds is 1. The van der Waals surface area contributed by atoms with Gasteiger partial charge in [0.15, 0.2) is 0 Å². The molecule has 0 spiro atoms. The van der Waals surface area contributed by atoms with Crippen LogP contribution in [-0.4, -0.2) is 14.8 Å². The van der Waals surface area contributed by atoms with Gasteiger partial charge in [-0.05, 0) is 42.8 Å².